The zero-order valence-electron chi connectivity index (χ0n) is 21.8. The Morgan fingerprint density at radius 3 is 2.17 bits per heavy atom. The van der Waals surface area contributed by atoms with Crippen LogP contribution in [0.15, 0.2) is 24.3 Å². The summed E-state index contributed by atoms with van der Waals surface area (Å²) in [5, 5.41) is 7.69. The molecule has 0 aliphatic carbocycles. The first-order chi connectivity index (χ1) is 16.8. The second kappa shape index (κ2) is 14.3. The van der Waals surface area contributed by atoms with Crippen molar-refractivity contribution in [3.05, 3.63) is 29.8 Å². The summed E-state index contributed by atoms with van der Waals surface area (Å²) in [6, 6.07) is 6.84. The first-order valence-corrected chi connectivity index (χ1v) is 13.4. The SMILES string of the molecule is CC(C)(S)CNCC(CCCCCOc1ccc(C(=O)ON2C(=O)CCC2=O)cc1)NCC(C)(C)S. The number of hydrogen-bond acceptors (Lipinski definition) is 9. The predicted octanol–water partition coefficient (Wildman–Crippen LogP) is 3.81. The lowest BCUT2D eigenvalue weighted by Crippen LogP contribution is -2.45. The molecule has 0 aromatic heterocycles. The number of unbranched alkanes of at least 4 members (excludes halogenated alkanes) is 2. The molecule has 1 fully saturated rings. The zero-order chi connectivity index (χ0) is 26.8. The molecule has 10 heteroatoms. The van der Waals surface area contributed by atoms with Gasteiger partial charge < -0.3 is 20.2 Å². The van der Waals surface area contributed by atoms with Gasteiger partial charge in [-0.3, -0.25) is 9.59 Å². The van der Waals surface area contributed by atoms with E-state index in [2.05, 4.69) is 63.6 Å². The van der Waals surface area contributed by atoms with E-state index in [1.165, 1.54) is 0 Å². The normalized spacial score (nSPS) is 15.3. The van der Waals surface area contributed by atoms with Crippen molar-refractivity contribution in [2.75, 3.05) is 26.2 Å². The predicted molar refractivity (Wildman–Crippen MR) is 148 cm³/mol. The van der Waals surface area contributed by atoms with Crippen molar-refractivity contribution in [3.8, 4) is 5.75 Å². The molecule has 1 unspecified atom stereocenters. The molecule has 1 aromatic carbocycles. The van der Waals surface area contributed by atoms with Crippen molar-refractivity contribution in [2.24, 2.45) is 0 Å². The molecule has 1 aromatic rings. The van der Waals surface area contributed by atoms with E-state index in [0.717, 1.165) is 45.3 Å². The quantitative estimate of drug-likeness (QED) is 0.144. The van der Waals surface area contributed by atoms with E-state index >= 15 is 0 Å². The third-order valence-corrected chi connectivity index (χ3v) is 5.82. The van der Waals surface area contributed by atoms with Gasteiger partial charge in [0.2, 0.25) is 0 Å². The number of carbonyl (C=O) groups excluding carboxylic acids is 3. The van der Waals surface area contributed by atoms with Gasteiger partial charge in [-0.25, -0.2) is 4.79 Å². The van der Waals surface area contributed by atoms with E-state index in [1.54, 1.807) is 24.3 Å². The van der Waals surface area contributed by atoms with E-state index in [-0.39, 0.29) is 27.9 Å². The second-order valence-corrected chi connectivity index (χ2v) is 12.9. The molecular formula is C26H41N3O5S2. The molecule has 8 nitrogen and oxygen atoms in total. The Hall–Kier alpha value is -1.75. The van der Waals surface area contributed by atoms with E-state index < -0.39 is 17.8 Å². The molecule has 2 N–H and O–H groups in total. The first kappa shape index (κ1) is 30.5. The molecule has 2 rings (SSSR count). The summed E-state index contributed by atoms with van der Waals surface area (Å²) in [7, 11) is 0. The van der Waals surface area contributed by atoms with Gasteiger partial charge in [0, 0.05) is 48.0 Å². The lowest BCUT2D eigenvalue weighted by molar-refractivity contribution is -0.172. The maximum atomic E-state index is 12.2. The van der Waals surface area contributed by atoms with Crippen LogP contribution in [0.2, 0.25) is 0 Å². The number of benzene rings is 1. The Morgan fingerprint density at radius 1 is 0.972 bits per heavy atom. The molecule has 1 aliphatic heterocycles. The summed E-state index contributed by atoms with van der Waals surface area (Å²) in [6.45, 7) is 11.6. The lowest BCUT2D eigenvalue weighted by atomic mass is 10.1. The van der Waals surface area contributed by atoms with Crippen LogP contribution in [0.5, 0.6) is 5.75 Å². The van der Waals surface area contributed by atoms with Crippen LogP contribution in [0.25, 0.3) is 0 Å². The van der Waals surface area contributed by atoms with Gasteiger partial charge in [-0.15, -0.1) is 5.06 Å². The fourth-order valence-electron chi connectivity index (χ4n) is 3.56. The highest BCUT2D eigenvalue weighted by Gasteiger charge is 2.33. The Morgan fingerprint density at radius 2 is 1.58 bits per heavy atom. The second-order valence-electron chi connectivity index (χ2n) is 10.5. The summed E-state index contributed by atoms with van der Waals surface area (Å²) >= 11 is 9.20. The van der Waals surface area contributed by atoms with Crippen LogP contribution in [0, 0.1) is 0 Å². The third kappa shape index (κ3) is 12.0. The summed E-state index contributed by atoms with van der Waals surface area (Å²) < 4.78 is 5.68. The van der Waals surface area contributed by atoms with Gasteiger partial charge in [0.05, 0.1) is 12.2 Å². The summed E-state index contributed by atoms with van der Waals surface area (Å²) in [5.41, 5.74) is 0.243. The highest BCUT2D eigenvalue weighted by atomic mass is 32.1. The van der Waals surface area contributed by atoms with Crippen molar-refractivity contribution in [1.29, 1.82) is 0 Å². The number of rotatable bonds is 16. The molecule has 2 amide bonds. The molecule has 0 spiro atoms. The molecule has 202 valence electrons. The van der Waals surface area contributed by atoms with E-state index in [4.69, 9.17) is 9.57 Å². The lowest BCUT2D eigenvalue weighted by Gasteiger charge is -2.26. The molecular weight excluding hydrogens is 498 g/mol. The molecule has 0 radical (unpaired) electrons. The summed E-state index contributed by atoms with van der Waals surface area (Å²) in [4.78, 5) is 40.3. The minimum Gasteiger partial charge on any atom is -0.494 e. The number of imide groups is 1. The van der Waals surface area contributed by atoms with Crippen molar-refractivity contribution >= 4 is 43.0 Å². The maximum Gasteiger partial charge on any atom is 0.363 e. The van der Waals surface area contributed by atoms with Gasteiger partial charge in [-0.05, 0) is 64.8 Å². The van der Waals surface area contributed by atoms with Crippen LogP contribution >= 0.6 is 25.3 Å². The van der Waals surface area contributed by atoms with Crippen molar-refractivity contribution in [3.63, 3.8) is 0 Å². The molecule has 1 heterocycles. The third-order valence-electron chi connectivity index (χ3n) is 5.51. The zero-order valence-corrected chi connectivity index (χ0v) is 23.6. The number of hydrogen-bond donors (Lipinski definition) is 4. The van der Waals surface area contributed by atoms with Gasteiger partial charge in [0.1, 0.15) is 5.75 Å². The Bertz CT molecular complexity index is 850. The van der Waals surface area contributed by atoms with E-state index in [1.807, 2.05) is 0 Å². The first-order valence-electron chi connectivity index (χ1n) is 12.5. The van der Waals surface area contributed by atoms with Gasteiger partial charge in [-0.1, -0.05) is 12.8 Å². The topological polar surface area (TPSA) is 97.0 Å². The fraction of sp³-hybridized carbons (Fsp3) is 0.654. The van der Waals surface area contributed by atoms with E-state index in [9.17, 15) is 14.4 Å². The minimum absolute atomic E-state index is 0.0464. The summed E-state index contributed by atoms with van der Waals surface area (Å²) in [6.07, 6.45) is 4.24. The number of thiol groups is 2. The number of ether oxygens (including phenoxy) is 1. The highest BCUT2D eigenvalue weighted by Crippen LogP contribution is 2.18. The number of amides is 2. The molecule has 1 atom stereocenters. The average Bonchev–Trinajstić information content (AvgIpc) is 3.10. The van der Waals surface area contributed by atoms with Crippen LogP contribution in [-0.4, -0.2) is 64.6 Å². The number of hydroxylamine groups is 2. The largest absolute Gasteiger partial charge is 0.494 e. The molecule has 36 heavy (non-hydrogen) atoms. The van der Waals surface area contributed by atoms with Gasteiger partial charge in [-0.2, -0.15) is 25.3 Å². The highest BCUT2D eigenvalue weighted by molar-refractivity contribution is 7.82. The molecule has 0 saturated carbocycles. The fourth-order valence-corrected chi connectivity index (χ4v) is 3.77. The van der Waals surface area contributed by atoms with Gasteiger partial charge in [0.25, 0.3) is 11.8 Å². The molecule has 0 bridgehead atoms. The molecule has 1 aliphatic rings. The summed E-state index contributed by atoms with van der Waals surface area (Å²) in [5.74, 6) is -1.10. The van der Waals surface area contributed by atoms with Crippen LogP contribution in [0.1, 0.15) is 76.6 Å². The Labute approximate surface area is 226 Å². The van der Waals surface area contributed by atoms with Crippen LogP contribution < -0.4 is 15.4 Å². The van der Waals surface area contributed by atoms with Crippen LogP contribution in [-0.2, 0) is 14.4 Å². The smallest absolute Gasteiger partial charge is 0.363 e. The minimum atomic E-state index is -0.748. The average molecular weight is 540 g/mol. The Kier molecular flexibility index (Phi) is 12.1. The molecule has 1 saturated heterocycles. The van der Waals surface area contributed by atoms with Crippen molar-refractivity contribution in [2.45, 2.75) is 81.8 Å². The van der Waals surface area contributed by atoms with Crippen molar-refractivity contribution < 1.29 is 24.0 Å². The number of carbonyl (C=O) groups is 3. The monoisotopic (exact) mass is 539 g/mol. The van der Waals surface area contributed by atoms with Gasteiger partial charge in [0.15, 0.2) is 0 Å². The van der Waals surface area contributed by atoms with Crippen molar-refractivity contribution in [1.82, 2.24) is 15.7 Å². The van der Waals surface area contributed by atoms with Crippen LogP contribution in [0.4, 0.5) is 0 Å². The Balaban J connectivity index is 1.68. The number of nitrogens with one attached hydrogen (secondary N) is 2. The maximum absolute atomic E-state index is 12.2. The standard InChI is InChI=1S/C26H41N3O5S2/c1-25(2,35)17-27-16-20(28-18-26(3,4)36)8-6-5-7-15-33-21-11-9-19(10-12-21)24(32)34-29-22(30)13-14-23(29)31/h9-12,20,27-28,35-36H,5-8,13-18H2,1-4H3. The van der Waals surface area contributed by atoms with Gasteiger partial charge >= 0.3 is 5.97 Å². The number of nitrogens with zero attached hydrogens (tertiary/aromatic N) is 1. The van der Waals surface area contributed by atoms with E-state index in [0.29, 0.717) is 23.5 Å². The van der Waals surface area contributed by atoms with Crippen LogP contribution in [0.3, 0.4) is 0 Å².